The van der Waals surface area contributed by atoms with Crippen molar-refractivity contribution in [3.8, 4) is 0 Å². The van der Waals surface area contributed by atoms with Crippen LogP contribution in [-0.2, 0) is 14.3 Å². The highest BCUT2D eigenvalue weighted by molar-refractivity contribution is 5.86. The lowest BCUT2D eigenvalue weighted by atomic mass is 9.86. The Morgan fingerprint density at radius 2 is 1.96 bits per heavy atom. The average molecular weight is 336 g/mol. The topological polar surface area (TPSA) is 80.0 Å². The van der Waals surface area contributed by atoms with Crippen molar-refractivity contribution in [2.75, 3.05) is 13.7 Å². The van der Waals surface area contributed by atoms with Gasteiger partial charge in [-0.15, -0.1) is 0 Å². The number of epoxide rings is 1. The first kappa shape index (κ1) is 20.0. The summed E-state index contributed by atoms with van der Waals surface area (Å²) in [4.78, 5) is 24.3. The molecule has 1 heterocycles. The SMILES string of the molecule is C=C/C=C(\C=C)C[C@H](NC(=O)[C@@H](NC(=O)OC)C(C)(C)C)[C@@H]1CO1. The number of carbonyl (C=O) groups is 2. The molecule has 0 radical (unpaired) electrons. The zero-order valence-corrected chi connectivity index (χ0v) is 14.9. The van der Waals surface area contributed by atoms with Crippen molar-refractivity contribution < 1.29 is 19.1 Å². The van der Waals surface area contributed by atoms with E-state index in [0.717, 1.165) is 5.57 Å². The molecule has 0 saturated carbocycles. The van der Waals surface area contributed by atoms with Gasteiger partial charge in [0.1, 0.15) is 12.1 Å². The van der Waals surface area contributed by atoms with E-state index in [1.54, 1.807) is 12.2 Å². The summed E-state index contributed by atoms with van der Waals surface area (Å²) in [5.74, 6) is -0.268. The van der Waals surface area contributed by atoms with Crippen LogP contribution < -0.4 is 10.6 Å². The van der Waals surface area contributed by atoms with Crippen molar-refractivity contribution in [2.45, 2.75) is 45.4 Å². The van der Waals surface area contributed by atoms with Crippen molar-refractivity contribution in [3.63, 3.8) is 0 Å². The van der Waals surface area contributed by atoms with Gasteiger partial charge in [0, 0.05) is 0 Å². The Bertz CT molecular complexity index is 516. The average Bonchev–Trinajstić information content (AvgIpc) is 3.34. The smallest absolute Gasteiger partial charge is 0.407 e. The van der Waals surface area contributed by atoms with E-state index in [0.29, 0.717) is 13.0 Å². The third kappa shape index (κ3) is 6.20. The molecule has 134 valence electrons. The van der Waals surface area contributed by atoms with Crippen molar-refractivity contribution >= 4 is 12.0 Å². The highest BCUT2D eigenvalue weighted by atomic mass is 16.6. The first-order chi connectivity index (χ1) is 11.2. The number of alkyl carbamates (subject to hydrolysis) is 1. The number of allylic oxidation sites excluding steroid dienone is 3. The number of ether oxygens (including phenoxy) is 2. The number of amides is 2. The summed E-state index contributed by atoms with van der Waals surface area (Å²) in [6, 6.07) is -0.909. The largest absolute Gasteiger partial charge is 0.453 e. The Balaban J connectivity index is 2.84. The summed E-state index contributed by atoms with van der Waals surface area (Å²) in [5, 5.41) is 5.58. The zero-order chi connectivity index (χ0) is 18.3. The number of carbonyl (C=O) groups excluding carboxylic acids is 2. The van der Waals surface area contributed by atoms with E-state index in [9.17, 15) is 9.59 Å². The monoisotopic (exact) mass is 336 g/mol. The molecule has 2 amide bonds. The molecule has 0 aromatic rings. The van der Waals surface area contributed by atoms with E-state index >= 15 is 0 Å². The molecule has 24 heavy (non-hydrogen) atoms. The second kappa shape index (κ2) is 8.68. The molecule has 1 aliphatic rings. The maximum absolute atomic E-state index is 12.7. The van der Waals surface area contributed by atoms with Gasteiger partial charge < -0.3 is 20.1 Å². The molecule has 0 bridgehead atoms. The van der Waals surface area contributed by atoms with Gasteiger partial charge in [0.2, 0.25) is 5.91 Å². The summed E-state index contributed by atoms with van der Waals surface area (Å²) >= 11 is 0. The van der Waals surface area contributed by atoms with Gasteiger partial charge in [-0.05, 0) is 17.4 Å². The van der Waals surface area contributed by atoms with Crippen molar-refractivity contribution in [1.82, 2.24) is 10.6 Å². The number of nitrogens with one attached hydrogen (secondary N) is 2. The fourth-order valence-electron chi connectivity index (χ4n) is 2.31. The van der Waals surface area contributed by atoms with Crippen molar-refractivity contribution in [2.24, 2.45) is 5.41 Å². The summed E-state index contributed by atoms with van der Waals surface area (Å²) in [6.07, 6.45) is 5.18. The molecule has 1 rings (SSSR count). The van der Waals surface area contributed by atoms with Crippen LogP contribution in [0.3, 0.4) is 0 Å². The Hall–Kier alpha value is -2.08. The molecule has 1 aliphatic heterocycles. The molecule has 0 aromatic carbocycles. The van der Waals surface area contributed by atoms with E-state index in [2.05, 4.69) is 28.5 Å². The number of hydrogen-bond acceptors (Lipinski definition) is 4. The van der Waals surface area contributed by atoms with Crippen LogP contribution in [0.4, 0.5) is 4.79 Å². The van der Waals surface area contributed by atoms with Crippen LogP contribution in [-0.4, -0.2) is 43.9 Å². The summed E-state index contributed by atoms with van der Waals surface area (Å²) in [7, 11) is 1.27. The molecule has 2 N–H and O–H groups in total. The molecule has 3 atom stereocenters. The standard InChI is InChI=1S/C18H28N2O4/c1-7-9-12(8-2)10-13(14-11-24-14)19-16(21)15(18(3,4)5)20-17(22)23-6/h7-9,13-15H,1-2,10-11H2,3-6H3,(H,19,21)(H,20,22)/b12-9+/t13-,14-,15+/m0/s1. The molecule has 0 aromatic heterocycles. The minimum Gasteiger partial charge on any atom is -0.453 e. The van der Waals surface area contributed by atoms with Crippen LogP contribution in [0.2, 0.25) is 0 Å². The lowest BCUT2D eigenvalue weighted by molar-refractivity contribution is -0.126. The predicted molar refractivity (Wildman–Crippen MR) is 93.5 cm³/mol. The van der Waals surface area contributed by atoms with Crippen LogP contribution in [0, 0.1) is 5.41 Å². The normalized spacial score (nSPS) is 19.7. The lowest BCUT2D eigenvalue weighted by Crippen LogP contribution is -2.56. The first-order valence-corrected chi connectivity index (χ1v) is 7.93. The van der Waals surface area contributed by atoms with Crippen molar-refractivity contribution in [1.29, 1.82) is 0 Å². The maximum Gasteiger partial charge on any atom is 0.407 e. The number of hydrogen-bond donors (Lipinski definition) is 2. The number of rotatable bonds is 8. The van der Waals surface area contributed by atoms with Gasteiger partial charge in [0.25, 0.3) is 0 Å². The van der Waals surface area contributed by atoms with E-state index in [1.807, 2.05) is 26.8 Å². The zero-order valence-electron chi connectivity index (χ0n) is 14.9. The highest BCUT2D eigenvalue weighted by Crippen LogP contribution is 2.23. The molecule has 1 saturated heterocycles. The fraction of sp³-hybridized carbons (Fsp3) is 0.556. The molecule has 0 aliphatic carbocycles. The third-order valence-electron chi connectivity index (χ3n) is 3.76. The minimum atomic E-state index is -0.721. The Morgan fingerprint density at radius 3 is 2.38 bits per heavy atom. The quantitative estimate of drug-likeness (QED) is 0.527. The highest BCUT2D eigenvalue weighted by Gasteiger charge is 2.38. The van der Waals surface area contributed by atoms with Gasteiger partial charge in [-0.2, -0.15) is 0 Å². The van der Waals surface area contributed by atoms with Gasteiger partial charge in [-0.1, -0.05) is 52.2 Å². The van der Waals surface area contributed by atoms with Gasteiger partial charge in [-0.25, -0.2) is 4.79 Å². The van der Waals surface area contributed by atoms with Crippen molar-refractivity contribution in [3.05, 3.63) is 37.0 Å². The summed E-state index contributed by atoms with van der Waals surface area (Å²) in [6.45, 7) is 13.7. The van der Waals surface area contributed by atoms with E-state index < -0.39 is 17.6 Å². The van der Waals surface area contributed by atoms with Gasteiger partial charge in [-0.3, -0.25) is 4.79 Å². The fourth-order valence-corrected chi connectivity index (χ4v) is 2.31. The predicted octanol–water partition coefficient (Wildman–Crippen LogP) is 2.33. The van der Waals surface area contributed by atoms with Gasteiger partial charge in [0.15, 0.2) is 0 Å². The second-order valence-electron chi connectivity index (χ2n) is 6.81. The summed E-state index contributed by atoms with van der Waals surface area (Å²) in [5.41, 5.74) is 0.491. The second-order valence-corrected chi connectivity index (χ2v) is 6.81. The van der Waals surface area contributed by atoms with Gasteiger partial charge in [0.05, 0.1) is 19.8 Å². The van der Waals surface area contributed by atoms with Crippen LogP contribution in [0.25, 0.3) is 0 Å². The van der Waals surface area contributed by atoms with E-state index in [-0.39, 0.29) is 18.1 Å². The lowest BCUT2D eigenvalue weighted by Gasteiger charge is -2.31. The number of methoxy groups -OCH3 is 1. The third-order valence-corrected chi connectivity index (χ3v) is 3.76. The van der Waals surface area contributed by atoms with Gasteiger partial charge >= 0.3 is 6.09 Å². The Morgan fingerprint density at radius 1 is 1.33 bits per heavy atom. The molecule has 0 spiro atoms. The van der Waals surface area contributed by atoms with E-state index in [1.165, 1.54) is 7.11 Å². The first-order valence-electron chi connectivity index (χ1n) is 7.93. The maximum atomic E-state index is 12.7. The summed E-state index contributed by atoms with van der Waals surface area (Å²) < 4.78 is 9.97. The molecule has 6 nitrogen and oxygen atoms in total. The van der Waals surface area contributed by atoms with Crippen LogP contribution in [0.15, 0.2) is 37.0 Å². The van der Waals surface area contributed by atoms with Crippen LogP contribution in [0.5, 0.6) is 0 Å². The van der Waals surface area contributed by atoms with Crippen LogP contribution in [0.1, 0.15) is 27.2 Å². The van der Waals surface area contributed by atoms with Crippen LogP contribution >= 0.6 is 0 Å². The molecular formula is C18H28N2O4. The molecule has 1 fully saturated rings. The molecule has 6 heteroatoms. The molecule has 0 unspecified atom stereocenters. The molecular weight excluding hydrogens is 308 g/mol. The Labute approximate surface area is 144 Å². The minimum absolute atomic E-state index is 0.0270. The Kier molecular flexibility index (Phi) is 7.22. The van der Waals surface area contributed by atoms with E-state index in [4.69, 9.17) is 4.74 Å².